The second kappa shape index (κ2) is 8.48. The molecule has 8 heteroatoms. The molecule has 0 radical (unpaired) electrons. The highest BCUT2D eigenvalue weighted by Gasteiger charge is 2.44. The van der Waals surface area contributed by atoms with Gasteiger partial charge in [0.25, 0.3) is 0 Å². The summed E-state index contributed by atoms with van der Waals surface area (Å²) in [4.78, 5) is 12.5. The van der Waals surface area contributed by atoms with Crippen LogP contribution in [0.4, 0.5) is 0 Å². The largest absolute Gasteiger partial charge is 0.462 e. The summed E-state index contributed by atoms with van der Waals surface area (Å²) in [6.07, 6.45) is -6.88. The second-order valence-corrected chi connectivity index (χ2v) is 6.36. The van der Waals surface area contributed by atoms with Gasteiger partial charge in [-0.2, -0.15) is 5.26 Å². The van der Waals surface area contributed by atoms with Crippen molar-refractivity contribution < 1.29 is 34.7 Å². The summed E-state index contributed by atoms with van der Waals surface area (Å²) in [5.74, 6) is 0.0320. The first kappa shape index (κ1) is 19.9. The summed E-state index contributed by atoms with van der Waals surface area (Å²) in [7, 11) is 0. The van der Waals surface area contributed by atoms with Crippen LogP contribution < -0.4 is 4.74 Å². The van der Waals surface area contributed by atoms with E-state index in [0.29, 0.717) is 16.7 Å². The van der Waals surface area contributed by atoms with Crippen molar-refractivity contribution in [2.24, 2.45) is 0 Å². The van der Waals surface area contributed by atoms with E-state index in [-0.39, 0.29) is 11.5 Å². The Morgan fingerprint density at radius 3 is 2.07 bits per heavy atom. The number of aliphatic hydroxyl groups is 4. The molecule has 1 fully saturated rings. The predicted octanol–water partition coefficient (Wildman–Crippen LogP) is -0.0320. The quantitative estimate of drug-likeness (QED) is 0.526. The molecule has 0 unspecified atom stereocenters. The fourth-order valence-corrected chi connectivity index (χ4v) is 2.85. The van der Waals surface area contributed by atoms with Crippen molar-refractivity contribution in [2.75, 3.05) is 6.61 Å². The molecule has 1 aliphatic rings. The molecular weight excluding hydrogens is 366 g/mol. The second-order valence-electron chi connectivity index (χ2n) is 6.36. The number of rotatable bonds is 5. The fraction of sp³-hybridized carbons (Fsp3) is 0.300. The SMILES string of the molecule is N#Cc1ccc(C(=O)c2ccc(O[C@H]3O[C@H](CO)[C@H](O)[C@H](O)[C@H]3O)cc2)cc1. The third-order valence-corrected chi connectivity index (χ3v) is 4.49. The zero-order chi connectivity index (χ0) is 20.3. The summed E-state index contributed by atoms with van der Waals surface area (Å²) in [5.41, 5.74) is 1.28. The Morgan fingerprint density at radius 1 is 0.964 bits per heavy atom. The number of ether oxygens (including phenoxy) is 2. The molecule has 1 saturated heterocycles. The van der Waals surface area contributed by atoms with E-state index in [4.69, 9.17) is 14.7 Å². The van der Waals surface area contributed by atoms with Crippen LogP contribution in [0.5, 0.6) is 5.75 Å². The number of nitriles is 1. The Morgan fingerprint density at radius 2 is 1.54 bits per heavy atom. The maximum Gasteiger partial charge on any atom is 0.229 e. The van der Waals surface area contributed by atoms with Crippen molar-refractivity contribution in [3.63, 3.8) is 0 Å². The highest BCUT2D eigenvalue weighted by molar-refractivity contribution is 6.09. The lowest BCUT2D eigenvalue weighted by atomic mass is 9.99. The molecule has 0 amide bonds. The van der Waals surface area contributed by atoms with Gasteiger partial charge in [0, 0.05) is 11.1 Å². The molecule has 1 aliphatic heterocycles. The third kappa shape index (κ3) is 4.04. The van der Waals surface area contributed by atoms with E-state index in [1.54, 1.807) is 24.3 Å². The molecule has 3 rings (SSSR count). The van der Waals surface area contributed by atoms with Crippen LogP contribution in [0.1, 0.15) is 21.5 Å². The normalized spacial score (nSPS) is 27.0. The van der Waals surface area contributed by atoms with Gasteiger partial charge < -0.3 is 29.9 Å². The minimum atomic E-state index is -1.53. The summed E-state index contributed by atoms with van der Waals surface area (Å²) in [6.45, 7) is -0.553. The Labute approximate surface area is 160 Å². The Kier molecular flexibility index (Phi) is 6.04. The molecule has 5 atom stereocenters. The minimum absolute atomic E-state index is 0.233. The monoisotopic (exact) mass is 385 g/mol. The van der Waals surface area contributed by atoms with Crippen molar-refractivity contribution >= 4 is 5.78 Å². The number of aliphatic hydroxyl groups excluding tert-OH is 4. The molecular formula is C20H19NO7. The van der Waals surface area contributed by atoms with Gasteiger partial charge >= 0.3 is 0 Å². The molecule has 0 saturated carbocycles. The molecule has 28 heavy (non-hydrogen) atoms. The third-order valence-electron chi connectivity index (χ3n) is 4.49. The van der Waals surface area contributed by atoms with E-state index in [1.165, 1.54) is 24.3 Å². The van der Waals surface area contributed by atoms with Crippen molar-refractivity contribution in [1.29, 1.82) is 5.26 Å². The molecule has 146 valence electrons. The maximum absolute atomic E-state index is 12.5. The van der Waals surface area contributed by atoms with E-state index >= 15 is 0 Å². The van der Waals surface area contributed by atoms with Crippen molar-refractivity contribution in [2.45, 2.75) is 30.7 Å². The Bertz CT molecular complexity index is 858. The summed E-state index contributed by atoms with van der Waals surface area (Å²) < 4.78 is 10.8. The van der Waals surface area contributed by atoms with Crippen LogP contribution in [0.15, 0.2) is 48.5 Å². The van der Waals surface area contributed by atoms with E-state index in [1.807, 2.05) is 6.07 Å². The number of benzene rings is 2. The van der Waals surface area contributed by atoms with Crippen molar-refractivity contribution in [1.82, 2.24) is 0 Å². The van der Waals surface area contributed by atoms with Crippen LogP contribution in [-0.4, -0.2) is 63.5 Å². The lowest BCUT2D eigenvalue weighted by Crippen LogP contribution is -2.60. The van der Waals surface area contributed by atoms with Crippen LogP contribution in [0.2, 0.25) is 0 Å². The fourth-order valence-electron chi connectivity index (χ4n) is 2.85. The topological polar surface area (TPSA) is 140 Å². The summed E-state index contributed by atoms with van der Waals surface area (Å²) >= 11 is 0. The maximum atomic E-state index is 12.5. The summed E-state index contributed by atoms with van der Waals surface area (Å²) in [5, 5.41) is 47.6. The molecule has 0 bridgehead atoms. The number of carbonyl (C=O) groups excluding carboxylic acids is 1. The van der Waals surface area contributed by atoms with Gasteiger partial charge in [-0.3, -0.25) is 4.79 Å². The predicted molar refractivity (Wildman–Crippen MR) is 95.4 cm³/mol. The first-order chi connectivity index (χ1) is 13.4. The van der Waals surface area contributed by atoms with Crippen LogP contribution in [0.3, 0.4) is 0 Å². The van der Waals surface area contributed by atoms with Gasteiger partial charge in [0.1, 0.15) is 30.2 Å². The number of ketones is 1. The van der Waals surface area contributed by atoms with Crippen molar-refractivity contribution in [3.05, 3.63) is 65.2 Å². The first-order valence-electron chi connectivity index (χ1n) is 8.56. The lowest BCUT2D eigenvalue weighted by Gasteiger charge is -2.39. The number of hydrogen-bond donors (Lipinski definition) is 4. The van der Waals surface area contributed by atoms with Gasteiger partial charge in [-0.25, -0.2) is 0 Å². The van der Waals surface area contributed by atoms with E-state index in [9.17, 15) is 25.2 Å². The van der Waals surface area contributed by atoms with Crippen molar-refractivity contribution in [3.8, 4) is 11.8 Å². The lowest BCUT2D eigenvalue weighted by molar-refractivity contribution is -0.277. The number of hydrogen-bond acceptors (Lipinski definition) is 8. The van der Waals surface area contributed by atoms with Gasteiger partial charge in [-0.15, -0.1) is 0 Å². The Balaban J connectivity index is 1.70. The average molecular weight is 385 g/mol. The van der Waals surface area contributed by atoms with Gasteiger partial charge in [0.15, 0.2) is 5.78 Å². The first-order valence-corrected chi connectivity index (χ1v) is 8.56. The van der Waals surface area contributed by atoms with Gasteiger partial charge in [-0.05, 0) is 48.5 Å². The van der Waals surface area contributed by atoms with E-state index in [2.05, 4.69) is 0 Å². The smallest absolute Gasteiger partial charge is 0.229 e. The average Bonchev–Trinajstić information content (AvgIpc) is 2.74. The zero-order valence-electron chi connectivity index (χ0n) is 14.7. The summed E-state index contributed by atoms with van der Waals surface area (Å²) in [6, 6.07) is 14.3. The van der Waals surface area contributed by atoms with E-state index < -0.39 is 37.3 Å². The Hall–Kier alpha value is -2.80. The van der Waals surface area contributed by atoms with E-state index in [0.717, 1.165) is 0 Å². The number of carbonyl (C=O) groups is 1. The highest BCUT2D eigenvalue weighted by Crippen LogP contribution is 2.25. The van der Waals surface area contributed by atoms with Crippen LogP contribution in [-0.2, 0) is 4.74 Å². The molecule has 0 aliphatic carbocycles. The molecule has 0 spiro atoms. The molecule has 4 N–H and O–H groups in total. The molecule has 1 heterocycles. The zero-order valence-corrected chi connectivity index (χ0v) is 14.7. The molecule has 2 aromatic carbocycles. The highest BCUT2D eigenvalue weighted by atomic mass is 16.7. The van der Waals surface area contributed by atoms with Crippen LogP contribution >= 0.6 is 0 Å². The van der Waals surface area contributed by atoms with Gasteiger partial charge in [-0.1, -0.05) is 0 Å². The van der Waals surface area contributed by atoms with Gasteiger partial charge in [0.05, 0.1) is 18.2 Å². The standard InChI is InChI=1S/C20H19NO7/c21-9-11-1-3-12(4-2-11)16(23)13-5-7-14(8-6-13)27-20-19(26)18(25)17(24)15(10-22)28-20/h1-8,15,17-20,22,24-26H,10H2/t15-,17+,18+,19-,20+/m1/s1. The molecule has 2 aromatic rings. The molecule has 8 nitrogen and oxygen atoms in total. The molecule has 0 aromatic heterocycles. The van der Waals surface area contributed by atoms with Crippen LogP contribution in [0.25, 0.3) is 0 Å². The van der Waals surface area contributed by atoms with Gasteiger partial charge in [0.2, 0.25) is 6.29 Å². The number of nitrogens with zero attached hydrogens (tertiary/aromatic N) is 1. The van der Waals surface area contributed by atoms with Crippen LogP contribution in [0, 0.1) is 11.3 Å². The minimum Gasteiger partial charge on any atom is -0.462 e.